The highest BCUT2D eigenvalue weighted by molar-refractivity contribution is 7.89. The van der Waals surface area contributed by atoms with Crippen LogP contribution in [0.5, 0.6) is 0 Å². The lowest BCUT2D eigenvalue weighted by Crippen LogP contribution is -2.44. The molecule has 0 aliphatic heterocycles. The highest BCUT2D eigenvalue weighted by Gasteiger charge is 2.31. The van der Waals surface area contributed by atoms with Crippen LogP contribution in [0.2, 0.25) is 0 Å². The summed E-state index contributed by atoms with van der Waals surface area (Å²) < 4.78 is 28.2. The van der Waals surface area contributed by atoms with Crippen molar-refractivity contribution >= 4 is 32.4 Å². The topological polar surface area (TPSA) is 127 Å². The second kappa shape index (κ2) is 13.0. The minimum Gasteiger partial charge on any atom is -0.399 e. The molecule has 37 heavy (non-hydrogen) atoms. The van der Waals surface area contributed by atoms with E-state index in [4.69, 9.17) is 11.5 Å². The molecule has 3 aromatic rings. The summed E-state index contributed by atoms with van der Waals surface area (Å²) in [7, 11) is -3.81. The van der Waals surface area contributed by atoms with Gasteiger partial charge in [-0.2, -0.15) is 4.31 Å². The number of benzene rings is 3. The van der Waals surface area contributed by atoms with Gasteiger partial charge in [0, 0.05) is 24.2 Å². The van der Waals surface area contributed by atoms with Crippen LogP contribution in [0.1, 0.15) is 45.1 Å². The van der Waals surface area contributed by atoms with E-state index in [1.807, 2.05) is 32.0 Å². The smallest absolute Gasteiger partial charge is 0.243 e. The zero-order chi connectivity index (χ0) is 27.0. The predicted octanol–water partition coefficient (Wildman–Crippen LogP) is 4.33. The maximum Gasteiger partial charge on any atom is 0.243 e. The number of nitrogen functional groups attached to an aromatic ring is 1. The Morgan fingerprint density at radius 1 is 0.946 bits per heavy atom. The molecule has 8 heteroatoms. The molecule has 0 aliphatic carbocycles. The van der Waals surface area contributed by atoms with E-state index in [-0.39, 0.29) is 29.2 Å². The lowest BCUT2D eigenvalue weighted by molar-refractivity contribution is -0.122. The van der Waals surface area contributed by atoms with Crippen molar-refractivity contribution in [1.29, 1.82) is 0 Å². The summed E-state index contributed by atoms with van der Waals surface area (Å²) in [6.07, 6.45) is 3.02. The number of aliphatic hydroxyl groups excluding tert-OH is 1. The number of anilines is 1. The average Bonchev–Trinajstić information content (AvgIpc) is 2.87. The van der Waals surface area contributed by atoms with Gasteiger partial charge in [0.2, 0.25) is 15.9 Å². The Kier molecular flexibility index (Phi) is 10.1. The summed E-state index contributed by atoms with van der Waals surface area (Å²) in [6.45, 7) is 3.91. The second-order valence-electron chi connectivity index (χ2n) is 10.1. The normalized spacial score (nSPS) is 13.8. The van der Waals surface area contributed by atoms with Gasteiger partial charge < -0.3 is 16.6 Å². The molecule has 0 aromatic heterocycles. The molecule has 0 spiro atoms. The number of hydrogen-bond acceptors (Lipinski definition) is 5. The standard InChI is InChI=1S/C29H39N3O4S/c1-21(2)19-32(37(35,36)28-15-13-26(30)14-16-28)27(20-33)10-6-5-9-25(29(31)34)18-22-11-12-23-7-3-4-8-24(23)17-22/h3-4,7-8,11-17,21,25,27,33H,5-6,9-10,18-20,30H2,1-2H3,(H2,31,34). The van der Waals surface area contributed by atoms with Crippen molar-refractivity contribution in [3.05, 3.63) is 72.3 Å². The number of rotatable bonds is 14. The number of nitrogens with two attached hydrogens (primary N) is 2. The van der Waals surface area contributed by atoms with Gasteiger partial charge in [0.05, 0.1) is 11.5 Å². The molecule has 1 amide bonds. The van der Waals surface area contributed by atoms with Gasteiger partial charge in [-0.15, -0.1) is 0 Å². The Hall–Kier alpha value is -2.94. The largest absolute Gasteiger partial charge is 0.399 e. The van der Waals surface area contributed by atoms with E-state index in [1.54, 1.807) is 12.1 Å². The number of carbonyl (C=O) groups is 1. The van der Waals surface area contributed by atoms with Gasteiger partial charge in [-0.1, -0.05) is 69.2 Å². The summed E-state index contributed by atoms with van der Waals surface area (Å²) in [5.74, 6) is -0.558. The summed E-state index contributed by atoms with van der Waals surface area (Å²) in [4.78, 5) is 12.3. The molecule has 0 saturated carbocycles. The fraction of sp³-hybridized carbons (Fsp3) is 0.414. The third kappa shape index (κ3) is 7.77. The lowest BCUT2D eigenvalue weighted by Gasteiger charge is -2.31. The third-order valence-corrected chi connectivity index (χ3v) is 8.62. The van der Waals surface area contributed by atoms with Crippen molar-refractivity contribution in [3.63, 3.8) is 0 Å². The van der Waals surface area contributed by atoms with Crippen LogP contribution < -0.4 is 11.5 Å². The average molecular weight is 526 g/mol. The first-order valence-electron chi connectivity index (χ1n) is 12.9. The molecule has 3 aromatic carbocycles. The van der Waals surface area contributed by atoms with Gasteiger partial charge >= 0.3 is 0 Å². The highest BCUT2D eigenvalue weighted by atomic mass is 32.2. The number of primary amides is 1. The molecule has 200 valence electrons. The number of fused-ring (bicyclic) bond motifs is 1. The van der Waals surface area contributed by atoms with Crippen molar-refractivity contribution in [2.45, 2.75) is 56.9 Å². The molecule has 0 fully saturated rings. The Morgan fingerprint density at radius 2 is 1.59 bits per heavy atom. The highest BCUT2D eigenvalue weighted by Crippen LogP contribution is 2.25. The quantitative estimate of drug-likeness (QED) is 0.213. The molecule has 0 heterocycles. The van der Waals surface area contributed by atoms with Gasteiger partial charge in [0.25, 0.3) is 0 Å². The molecule has 0 aliphatic rings. The maximum atomic E-state index is 13.4. The van der Waals surface area contributed by atoms with Gasteiger partial charge in [-0.25, -0.2) is 8.42 Å². The Balaban J connectivity index is 1.64. The minimum atomic E-state index is -3.81. The number of nitrogens with zero attached hydrogens (tertiary/aromatic N) is 1. The van der Waals surface area contributed by atoms with Crippen LogP contribution in [0.3, 0.4) is 0 Å². The van der Waals surface area contributed by atoms with Crippen molar-refractivity contribution in [2.75, 3.05) is 18.9 Å². The van der Waals surface area contributed by atoms with E-state index in [0.717, 1.165) is 16.3 Å². The fourth-order valence-electron chi connectivity index (χ4n) is 4.67. The zero-order valence-electron chi connectivity index (χ0n) is 21.7. The number of unbranched alkanes of at least 4 members (excludes halogenated alkanes) is 1. The Labute approximate surface area is 220 Å². The van der Waals surface area contributed by atoms with Gasteiger partial charge in [0.15, 0.2) is 0 Å². The third-order valence-electron chi connectivity index (χ3n) is 6.69. The van der Waals surface area contributed by atoms with E-state index < -0.39 is 16.1 Å². The molecule has 2 unspecified atom stereocenters. The van der Waals surface area contributed by atoms with Crippen LogP contribution in [0.15, 0.2) is 71.6 Å². The monoisotopic (exact) mass is 525 g/mol. The van der Waals surface area contributed by atoms with Gasteiger partial charge in [0.1, 0.15) is 0 Å². The number of aliphatic hydroxyl groups is 1. The molecule has 7 nitrogen and oxygen atoms in total. The van der Waals surface area contributed by atoms with Gasteiger partial charge in [-0.3, -0.25) is 4.79 Å². The summed E-state index contributed by atoms with van der Waals surface area (Å²) >= 11 is 0. The van der Waals surface area contributed by atoms with Crippen LogP contribution in [-0.2, 0) is 21.2 Å². The maximum absolute atomic E-state index is 13.4. The first-order valence-corrected chi connectivity index (χ1v) is 14.3. The van der Waals surface area contributed by atoms with E-state index >= 15 is 0 Å². The first kappa shape index (κ1) is 28.6. The molecule has 0 radical (unpaired) electrons. The van der Waals surface area contributed by atoms with Crippen molar-refractivity contribution in [3.8, 4) is 0 Å². The second-order valence-corrected chi connectivity index (χ2v) is 12.0. The van der Waals surface area contributed by atoms with E-state index in [0.29, 0.717) is 44.3 Å². The van der Waals surface area contributed by atoms with Gasteiger partial charge in [-0.05, 0) is 65.8 Å². The SMILES string of the molecule is CC(C)CN(C(CO)CCCCC(Cc1ccc2ccccc2c1)C(N)=O)S(=O)(=O)c1ccc(N)cc1. The van der Waals surface area contributed by atoms with E-state index in [9.17, 15) is 18.3 Å². The molecular formula is C29H39N3O4S. The molecular weight excluding hydrogens is 486 g/mol. The van der Waals surface area contributed by atoms with Crippen LogP contribution >= 0.6 is 0 Å². The van der Waals surface area contributed by atoms with Crippen LogP contribution in [0.4, 0.5) is 5.69 Å². The van der Waals surface area contributed by atoms with Crippen LogP contribution in [0.25, 0.3) is 10.8 Å². The lowest BCUT2D eigenvalue weighted by atomic mass is 9.91. The number of sulfonamides is 1. The summed E-state index contributed by atoms with van der Waals surface area (Å²) in [5, 5.41) is 12.4. The summed E-state index contributed by atoms with van der Waals surface area (Å²) in [6, 6.07) is 19.8. The van der Waals surface area contributed by atoms with Crippen LogP contribution in [0, 0.1) is 11.8 Å². The summed E-state index contributed by atoms with van der Waals surface area (Å²) in [5.41, 5.74) is 13.0. The van der Waals surface area contributed by atoms with Crippen molar-refractivity contribution in [2.24, 2.45) is 17.6 Å². The first-order chi connectivity index (χ1) is 17.6. The minimum absolute atomic E-state index is 0.0822. The van der Waals surface area contributed by atoms with Crippen molar-refractivity contribution in [1.82, 2.24) is 4.31 Å². The molecule has 3 rings (SSSR count). The Morgan fingerprint density at radius 3 is 2.22 bits per heavy atom. The number of hydrogen-bond donors (Lipinski definition) is 3. The molecule has 2 atom stereocenters. The van der Waals surface area contributed by atoms with Crippen LogP contribution in [-0.4, -0.2) is 42.9 Å². The number of carbonyl (C=O) groups excluding carboxylic acids is 1. The molecule has 5 N–H and O–H groups in total. The molecule has 0 saturated heterocycles. The predicted molar refractivity (Wildman–Crippen MR) is 149 cm³/mol. The van der Waals surface area contributed by atoms with Crippen molar-refractivity contribution < 1.29 is 18.3 Å². The molecule has 0 bridgehead atoms. The Bertz CT molecular complexity index is 1280. The van der Waals surface area contributed by atoms with E-state index in [1.165, 1.54) is 16.4 Å². The fourth-order valence-corrected chi connectivity index (χ4v) is 6.48. The van der Waals surface area contributed by atoms with E-state index in [2.05, 4.69) is 24.3 Å². The number of amides is 1. The zero-order valence-corrected chi connectivity index (χ0v) is 22.5.